The summed E-state index contributed by atoms with van der Waals surface area (Å²) in [5, 5.41) is 0. The Morgan fingerprint density at radius 2 is 2.03 bits per heavy atom. The first-order valence-electron chi connectivity index (χ1n) is 11.7. The van der Waals surface area contributed by atoms with Gasteiger partial charge in [0.25, 0.3) is 5.91 Å². The maximum atomic E-state index is 13.4. The molecule has 0 spiro atoms. The molecule has 2 aromatic rings. The Balaban J connectivity index is 1.42. The minimum Gasteiger partial charge on any atom is -0.497 e. The maximum absolute atomic E-state index is 13.4. The third-order valence-corrected chi connectivity index (χ3v) is 7.70. The number of amides is 1. The highest BCUT2D eigenvalue weighted by Crippen LogP contribution is 2.42. The fourth-order valence-corrected chi connectivity index (χ4v) is 6.25. The van der Waals surface area contributed by atoms with Crippen LogP contribution < -0.4 is 4.74 Å². The van der Waals surface area contributed by atoms with Crippen molar-refractivity contribution in [1.29, 1.82) is 0 Å². The number of ether oxygens (including phenoxy) is 1. The van der Waals surface area contributed by atoms with E-state index in [0.717, 1.165) is 30.8 Å². The van der Waals surface area contributed by atoms with Crippen molar-refractivity contribution in [2.75, 3.05) is 26.7 Å². The molecule has 5 rings (SSSR count). The van der Waals surface area contributed by atoms with Crippen molar-refractivity contribution in [2.24, 2.45) is 11.8 Å². The van der Waals surface area contributed by atoms with Gasteiger partial charge in [-0.25, -0.2) is 0 Å². The topological polar surface area (TPSA) is 45.7 Å². The molecule has 5 heteroatoms. The van der Waals surface area contributed by atoms with Gasteiger partial charge in [-0.2, -0.15) is 0 Å². The third kappa shape index (κ3) is 3.96. The van der Waals surface area contributed by atoms with Crippen LogP contribution in [0.15, 0.2) is 42.6 Å². The van der Waals surface area contributed by atoms with Crippen LogP contribution in [0.5, 0.6) is 5.75 Å². The Morgan fingerprint density at radius 3 is 2.87 bits per heavy atom. The number of methoxy groups -OCH3 is 1. The molecular weight excluding hydrogens is 386 g/mol. The first kappa shape index (κ1) is 20.5. The summed E-state index contributed by atoms with van der Waals surface area (Å²) in [7, 11) is 1.73. The summed E-state index contributed by atoms with van der Waals surface area (Å²) in [5.41, 5.74) is 2.92. The van der Waals surface area contributed by atoms with Crippen LogP contribution in [0.25, 0.3) is 0 Å². The monoisotopic (exact) mass is 419 g/mol. The number of benzene rings is 1. The number of nitrogens with zero attached hydrogens (tertiary/aromatic N) is 3. The minimum absolute atomic E-state index is 0.109. The lowest BCUT2D eigenvalue weighted by Gasteiger charge is -2.57. The highest BCUT2D eigenvalue weighted by atomic mass is 16.5. The SMILES string of the molecule is COc1cccc(C[C@H]2[C@H]3C[C@H](CN(C(=O)c4ncccc4C)C3)[C@@H]3CCCCN32)c1. The number of carbonyl (C=O) groups excluding carboxylic acids is 1. The van der Waals surface area contributed by atoms with E-state index in [0.29, 0.717) is 29.6 Å². The standard InChI is InChI=1S/C26H33N3O2/c1-18-7-6-11-27-25(18)26(30)28-16-20-15-21(17-28)24(29-12-4-3-10-23(20)29)14-19-8-5-9-22(13-19)31-2/h5-9,11,13,20-21,23-24H,3-4,10,12,14-17H2,1-2H3/t20-,21+,23+,24+/m1/s1. The Labute approximate surface area is 185 Å². The normalized spacial score (nSPS) is 28.1. The number of piperidine rings is 3. The van der Waals surface area contributed by atoms with Gasteiger partial charge >= 0.3 is 0 Å². The maximum Gasteiger partial charge on any atom is 0.272 e. The van der Waals surface area contributed by atoms with Crippen LogP contribution in [-0.4, -0.2) is 59.5 Å². The van der Waals surface area contributed by atoms with E-state index in [1.807, 2.05) is 25.1 Å². The van der Waals surface area contributed by atoms with Gasteiger partial charge in [-0.1, -0.05) is 24.6 Å². The van der Waals surface area contributed by atoms with Crippen molar-refractivity contribution in [2.45, 2.75) is 51.1 Å². The van der Waals surface area contributed by atoms with Gasteiger partial charge in [0, 0.05) is 31.4 Å². The number of rotatable bonds is 4. The lowest BCUT2D eigenvalue weighted by atomic mass is 9.71. The van der Waals surface area contributed by atoms with Gasteiger partial charge in [0.05, 0.1) is 7.11 Å². The largest absolute Gasteiger partial charge is 0.497 e. The van der Waals surface area contributed by atoms with Crippen LogP contribution >= 0.6 is 0 Å². The molecule has 1 aromatic heterocycles. The van der Waals surface area contributed by atoms with Gasteiger partial charge in [-0.05, 0) is 80.3 Å². The summed E-state index contributed by atoms with van der Waals surface area (Å²) in [4.78, 5) is 22.7. The van der Waals surface area contributed by atoms with E-state index < -0.39 is 0 Å². The van der Waals surface area contributed by atoms with Crippen molar-refractivity contribution < 1.29 is 9.53 Å². The van der Waals surface area contributed by atoms with Gasteiger partial charge in [-0.15, -0.1) is 0 Å². The average molecular weight is 420 g/mol. The van der Waals surface area contributed by atoms with E-state index in [1.165, 1.54) is 37.8 Å². The molecule has 3 saturated heterocycles. The van der Waals surface area contributed by atoms with Crippen LogP contribution in [0.2, 0.25) is 0 Å². The van der Waals surface area contributed by atoms with Crippen LogP contribution in [0.3, 0.4) is 0 Å². The molecule has 0 saturated carbocycles. The van der Waals surface area contributed by atoms with E-state index in [1.54, 1.807) is 13.3 Å². The van der Waals surface area contributed by atoms with Crippen molar-refractivity contribution >= 4 is 5.91 Å². The number of hydrogen-bond donors (Lipinski definition) is 0. The van der Waals surface area contributed by atoms with Gasteiger partial charge in [0.15, 0.2) is 0 Å². The average Bonchev–Trinajstić information content (AvgIpc) is 2.81. The first-order chi connectivity index (χ1) is 15.1. The lowest BCUT2D eigenvalue weighted by molar-refractivity contribution is -0.0643. The highest BCUT2D eigenvalue weighted by Gasteiger charge is 2.48. The molecule has 5 nitrogen and oxygen atoms in total. The summed E-state index contributed by atoms with van der Waals surface area (Å²) in [5.74, 6) is 2.12. The molecule has 1 amide bonds. The Hall–Kier alpha value is -2.40. The second-order valence-electron chi connectivity index (χ2n) is 9.56. The van der Waals surface area contributed by atoms with Crippen LogP contribution in [-0.2, 0) is 6.42 Å². The first-order valence-corrected chi connectivity index (χ1v) is 11.7. The number of carbonyl (C=O) groups is 1. The van der Waals surface area contributed by atoms with E-state index in [9.17, 15) is 4.79 Å². The zero-order chi connectivity index (χ0) is 21.4. The van der Waals surface area contributed by atoms with E-state index >= 15 is 0 Å². The van der Waals surface area contributed by atoms with E-state index in [4.69, 9.17) is 4.74 Å². The van der Waals surface area contributed by atoms with E-state index in [-0.39, 0.29) is 5.91 Å². The molecule has 31 heavy (non-hydrogen) atoms. The molecule has 4 atom stereocenters. The van der Waals surface area contributed by atoms with Crippen LogP contribution in [0.1, 0.15) is 47.3 Å². The number of aromatic nitrogens is 1. The summed E-state index contributed by atoms with van der Waals surface area (Å²) >= 11 is 0. The van der Waals surface area contributed by atoms with Gasteiger partial charge in [-0.3, -0.25) is 14.7 Å². The number of fused-ring (bicyclic) bond motifs is 4. The van der Waals surface area contributed by atoms with Crippen LogP contribution in [0.4, 0.5) is 0 Å². The number of pyridine rings is 1. The highest BCUT2D eigenvalue weighted by molar-refractivity contribution is 5.93. The molecule has 0 unspecified atom stereocenters. The van der Waals surface area contributed by atoms with Crippen molar-refractivity contribution in [3.8, 4) is 5.75 Å². The summed E-state index contributed by atoms with van der Waals surface area (Å²) in [6.45, 7) is 4.89. The predicted octanol–water partition coefficient (Wildman–Crippen LogP) is 3.96. The van der Waals surface area contributed by atoms with Gasteiger partial charge in [0.1, 0.15) is 11.4 Å². The number of aryl methyl sites for hydroxylation is 1. The fourth-order valence-electron chi connectivity index (χ4n) is 6.25. The molecular formula is C26H33N3O2. The molecule has 0 radical (unpaired) electrons. The van der Waals surface area contributed by atoms with Gasteiger partial charge < -0.3 is 9.64 Å². The fraction of sp³-hybridized carbons (Fsp3) is 0.538. The zero-order valence-electron chi connectivity index (χ0n) is 18.7. The van der Waals surface area contributed by atoms with Crippen molar-refractivity contribution in [3.05, 3.63) is 59.4 Å². The summed E-state index contributed by atoms with van der Waals surface area (Å²) in [6, 6.07) is 13.5. The predicted molar refractivity (Wildman–Crippen MR) is 121 cm³/mol. The molecule has 0 aliphatic carbocycles. The molecule has 2 bridgehead atoms. The molecule has 164 valence electrons. The molecule has 4 heterocycles. The Kier molecular flexibility index (Phi) is 5.70. The summed E-state index contributed by atoms with van der Waals surface area (Å²) < 4.78 is 5.47. The molecule has 3 aliphatic rings. The minimum atomic E-state index is 0.109. The summed E-state index contributed by atoms with van der Waals surface area (Å²) in [6.07, 6.45) is 7.86. The number of likely N-dealkylation sites (tertiary alicyclic amines) is 1. The van der Waals surface area contributed by atoms with Crippen molar-refractivity contribution in [3.63, 3.8) is 0 Å². The van der Waals surface area contributed by atoms with E-state index in [2.05, 4.69) is 33.0 Å². The lowest BCUT2D eigenvalue weighted by Crippen LogP contribution is -2.64. The Morgan fingerprint density at radius 1 is 1.16 bits per heavy atom. The van der Waals surface area contributed by atoms with Crippen LogP contribution in [0, 0.1) is 18.8 Å². The second-order valence-corrected chi connectivity index (χ2v) is 9.56. The third-order valence-electron chi connectivity index (χ3n) is 7.70. The van der Waals surface area contributed by atoms with Crippen molar-refractivity contribution in [1.82, 2.24) is 14.8 Å². The molecule has 3 aliphatic heterocycles. The smallest absolute Gasteiger partial charge is 0.272 e. The number of hydrogen-bond acceptors (Lipinski definition) is 4. The second kappa shape index (κ2) is 8.62. The zero-order valence-corrected chi connectivity index (χ0v) is 18.7. The molecule has 3 fully saturated rings. The molecule has 1 aromatic carbocycles. The quantitative estimate of drug-likeness (QED) is 0.753. The Bertz CT molecular complexity index is 946. The van der Waals surface area contributed by atoms with Gasteiger partial charge in [0.2, 0.25) is 0 Å². The molecule has 0 N–H and O–H groups in total.